The molecule has 0 aliphatic carbocycles. The van der Waals surface area contributed by atoms with Gasteiger partial charge in [-0.15, -0.1) is 0 Å². The van der Waals surface area contributed by atoms with Gasteiger partial charge in [0.15, 0.2) is 0 Å². The summed E-state index contributed by atoms with van der Waals surface area (Å²) < 4.78 is 5.75. The summed E-state index contributed by atoms with van der Waals surface area (Å²) in [7, 11) is 0. The first kappa shape index (κ1) is 13.0. The van der Waals surface area contributed by atoms with Crippen molar-refractivity contribution in [1.29, 1.82) is 0 Å². The minimum atomic E-state index is 0.674. The fourth-order valence-electron chi connectivity index (χ4n) is 1.56. The van der Waals surface area contributed by atoms with Crippen molar-refractivity contribution in [3.05, 3.63) is 22.4 Å². The van der Waals surface area contributed by atoms with E-state index in [-0.39, 0.29) is 0 Å². The van der Waals surface area contributed by atoms with Crippen LogP contribution in [0.3, 0.4) is 0 Å². The molecule has 0 saturated carbocycles. The van der Waals surface area contributed by atoms with Crippen molar-refractivity contribution in [2.45, 2.75) is 48.0 Å². The van der Waals surface area contributed by atoms with Crippen molar-refractivity contribution in [1.82, 2.24) is 4.98 Å². The Morgan fingerprint density at radius 3 is 2.19 bits per heavy atom. The summed E-state index contributed by atoms with van der Waals surface area (Å²) in [4.78, 5) is 4.51. The average Bonchev–Trinajstić information content (AvgIpc) is 2.22. The quantitative estimate of drug-likeness (QED) is 0.772. The number of aromatic nitrogens is 1. The van der Waals surface area contributed by atoms with Gasteiger partial charge in [0, 0.05) is 11.3 Å². The first-order valence-corrected chi connectivity index (χ1v) is 6.00. The number of pyridine rings is 1. The number of hydrogen-bond acceptors (Lipinski definition) is 2. The molecule has 1 rings (SSSR count). The first-order valence-electron chi connectivity index (χ1n) is 6.00. The van der Waals surface area contributed by atoms with Gasteiger partial charge in [-0.3, -0.25) is 0 Å². The van der Waals surface area contributed by atoms with E-state index in [0.717, 1.165) is 24.6 Å². The molecular formula is C14H23NO. The van der Waals surface area contributed by atoms with Crippen molar-refractivity contribution in [2.24, 2.45) is 5.92 Å². The Morgan fingerprint density at radius 2 is 1.62 bits per heavy atom. The lowest BCUT2D eigenvalue weighted by atomic mass is 10.0. The van der Waals surface area contributed by atoms with Gasteiger partial charge in [0.1, 0.15) is 0 Å². The third kappa shape index (κ3) is 2.97. The Bertz CT molecular complexity index is 369. The molecule has 16 heavy (non-hydrogen) atoms. The lowest BCUT2D eigenvalue weighted by Gasteiger charge is -2.14. The Balaban J connectivity index is 2.81. The van der Waals surface area contributed by atoms with Crippen LogP contribution in [0.1, 0.15) is 42.7 Å². The Labute approximate surface area is 99.0 Å². The third-order valence-corrected chi connectivity index (χ3v) is 3.19. The second kappa shape index (κ2) is 5.33. The van der Waals surface area contributed by atoms with E-state index in [2.05, 4.69) is 39.6 Å². The van der Waals surface area contributed by atoms with Gasteiger partial charge in [0.2, 0.25) is 5.88 Å². The summed E-state index contributed by atoms with van der Waals surface area (Å²) in [5.74, 6) is 1.48. The Hall–Kier alpha value is -1.05. The smallest absolute Gasteiger partial charge is 0.216 e. The highest BCUT2D eigenvalue weighted by Gasteiger charge is 2.09. The van der Waals surface area contributed by atoms with Gasteiger partial charge in [-0.25, -0.2) is 4.98 Å². The molecule has 2 heteroatoms. The molecule has 0 spiro atoms. The average molecular weight is 221 g/mol. The molecule has 0 atom stereocenters. The number of hydrogen-bond donors (Lipinski definition) is 0. The van der Waals surface area contributed by atoms with E-state index in [0.29, 0.717) is 5.92 Å². The van der Waals surface area contributed by atoms with Gasteiger partial charge < -0.3 is 4.74 Å². The molecule has 2 nitrogen and oxygen atoms in total. The van der Waals surface area contributed by atoms with E-state index < -0.39 is 0 Å². The minimum absolute atomic E-state index is 0.674. The number of ether oxygens (including phenoxy) is 1. The van der Waals surface area contributed by atoms with E-state index in [1.807, 2.05) is 6.92 Å². The van der Waals surface area contributed by atoms with Crippen molar-refractivity contribution >= 4 is 0 Å². The highest BCUT2D eigenvalue weighted by atomic mass is 16.5. The normalized spacial score (nSPS) is 10.9. The zero-order chi connectivity index (χ0) is 12.3. The topological polar surface area (TPSA) is 22.1 Å². The molecule has 0 aliphatic heterocycles. The first-order chi connectivity index (χ1) is 7.43. The molecule has 1 heterocycles. The number of rotatable bonds is 4. The fraction of sp³-hybridized carbons (Fsp3) is 0.643. The van der Waals surface area contributed by atoms with Gasteiger partial charge in [-0.2, -0.15) is 0 Å². The Kier molecular flexibility index (Phi) is 4.34. The maximum absolute atomic E-state index is 5.75. The van der Waals surface area contributed by atoms with Crippen LogP contribution in [0.5, 0.6) is 5.88 Å². The second-order valence-corrected chi connectivity index (χ2v) is 4.91. The molecule has 0 fully saturated rings. The highest BCUT2D eigenvalue weighted by molar-refractivity contribution is 5.40. The SMILES string of the molecule is Cc1nc(OCCC(C)C)c(C)c(C)c1C. The third-order valence-electron chi connectivity index (χ3n) is 3.19. The maximum Gasteiger partial charge on any atom is 0.216 e. The predicted octanol–water partition coefficient (Wildman–Crippen LogP) is 3.74. The zero-order valence-corrected chi connectivity index (χ0v) is 11.3. The van der Waals surface area contributed by atoms with E-state index in [9.17, 15) is 0 Å². The molecule has 1 aromatic heterocycles. The van der Waals surface area contributed by atoms with E-state index in [4.69, 9.17) is 4.74 Å². The van der Waals surface area contributed by atoms with Gasteiger partial charge in [-0.1, -0.05) is 13.8 Å². The van der Waals surface area contributed by atoms with E-state index in [1.165, 1.54) is 16.7 Å². The van der Waals surface area contributed by atoms with Crippen molar-refractivity contribution in [3.63, 3.8) is 0 Å². The van der Waals surface area contributed by atoms with Gasteiger partial charge >= 0.3 is 0 Å². The van der Waals surface area contributed by atoms with E-state index in [1.54, 1.807) is 0 Å². The molecule has 0 amide bonds. The van der Waals surface area contributed by atoms with Crippen LogP contribution < -0.4 is 4.74 Å². The van der Waals surface area contributed by atoms with Crippen LogP contribution in [0.15, 0.2) is 0 Å². The summed E-state index contributed by atoms with van der Waals surface area (Å²) >= 11 is 0. The lowest BCUT2D eigenvalue weighted by molar-refractivity contribution is 0.276. The minimum Gasteiger partial charge on any atom is -0.477 e. The summed E-state index contributed by atoms with van der Waals surface area (Å²) in [6, 6.07) is 0. The molecule has 0 unspecified atom stereocenters. The molecule has 0 aliphatic rings. The standard InChI is InChI=1S/C14H23NO/c1-9(2)7-8-16-14-12(5)10(3)11(4)13(6)15-14/h9H,7-8H2,1-6H3. The molecule has 0 N–H and O–H groups in total. The van der Waals surface area contributed by atoms with E-state index >= 15 is 0 Å². The van der Waals surface area contributed by atoms with Crippen LogP contribution in [-0.4, -0.2) is 11.6 Å². The summed E-state index contributed by atoms with van der Waals surface area (Å²) in [5, 5.41) is 0. The van der Waals surface area contributed by atoms with Crippen LogP contribution >= 0.6 is 0 Å². The van der Waals surface area contributed by atoms with Gasteiger partial charge in [0.25, 0.3) is 0 Å². The fourth-order valence-corrected chi connectivity index (χ4v) is 1.56. The number of aryl methyl sites for hydroxylation is 1. The summed E-state index contributed by atoms with van der Waals surface area (Å²) in [6.45, 7) is 13.5. The predicted molar refractivity (Wildman–Crippen MR) is 68.1 cm³/mol. The highest BCUT2D eigenvalue weighted by Crippen LogP contribution is 2.23. The molecule has 0 saturated heterocycles. The molecule has 0 bridgehead atoms. The monoisotopic (exact) mass is 221 g/mol. The van der Waals surface area contributed by atoms with Crippen molar-refractivity contribution < 1.29 is 4.74 Å². The summed E-state index contributed by atoms with van der Waals surface area (Å²) in [6.07, 6.45) is 1.08. The van der Waals surface area contributed by atoms with Crippen molar-refractivity contribution in [3.8, 4) is 5.88 Å². The lowest BCUT2D eigenvalue weighted by Crippen LogP contribution is -2.06. The van der Waals surface area contributed by atoms with Gasteiger partial charge in [-0.05, 0) is 51.2 Å². The van der Waals surface area contributed by atoms with Crippen LogP contribution in [0.4, 0.5) is 0 Å². The van der Waals surface area contributed by atoms with Crippen LogP contribution in [0, 0.1) is 33.6 Å². The molecular weight excluding hydrogens is 198 g/mol. The number of nitrogens with zero attached hydrogens (tertiary/aromatic N) is 1. The van der Waals surface area contributed by atoms with Crippen LogP contribution in [-0.2, 0) is 0 Å². The molecule has 90 valence electrons. The molecule has 0 radical (unpaired) electrons. The van der Waals surface area contributed by atoms with Gasteiger partial charge in [0.05, 0.1) is 6.61 Å². The largest absolute Gasteiger partial charge is 0.477 e. The zero-order valence-electron chi connectivity index (χ0n) is 11.3. The Morgan fingerprint density at radius 1 is 1.00 bits per heavy atom. The van der Waals surface area contributed by atoms with Crippen molar-refractivity contribution in [2.75, 3.05) is 6.61 Å². The maximum atomic E-state index is 5.75. The van der Waals surface area contributed by atoms with Crippen LogP contribution in [0.2, 0.25) is 0 Å². The summed E-state index contributed by atoms with van der Waals surface area (Å²) in [5.41, 5.74) is 4.82. The second-order valence-electron chi connectivity index (χ2n) is 4.91. The molecule has 0 aromatic carbocycles. The molecule has 1 aromatic rings. The van der Waals surface area contributed by atoms with Crippen LogP contribution in [0.25, 0.3) is 0 Å².